The lowest BCUT2D eigenvalue weighted by Crippen LogP contribution is -2.48. The largest absolute Gasteiger partial charge is 0.480 e. The molecule has 3 rings (SSSR count). The summed E-state index contributed by atoms with van der Waals surface area (Å²) in [4.78, 5) is 0. The van der Waals surface area contributed by atoms with Gasteiger partial charge in [-0.25, -0.2) is 0 Å². The number of para-hydroxylation sites is 2. The zero-order valence-electron chi connectivity index (χ0n) is 10.0. The summed E-state index contributed by atoms with van der Waals surface area (Å²) in [6, 6.07) is 16.6. The van der Waals surface area contributed by atoms with E-state index in [-0.39, 0.29) is 0 Å². The molecular formula is C15H14O3. The van der Waals surface area contributed by atoms with E-state index in [1.54, 1.807) is 13.0 Å². The molecule has 2 aromatic carbocycles. The van der Waals surface area contributed by atoms with E-state index in [0.717, 1.165) is 0 Å². The van der Waals surface area contributed by atoms with Crippen LogP contribution in [0.25, 0.3) is 0 Å². The van der Waals surface area contributed by atoms with Gasteiger partial charge in [0.25, 0.3) is 5.79 Å². The second kappa shape index (κ2) is 4.03. The number of ether oxygens (including phenoxy) is 2. The van der Waals surface area contributed by atoms with Crippen LogP contribution < -0.4 is 9.47 Å². The van der Waals surface area contributed by atoms with Crippen molar-refractivity contribution in [3.8, 4) is 11.5 Å². The molecule has 0 saturated carbocycles. The van der Waals surface area contributed by atoms with Crippen molar-refractivity contribution in [3.63, 3.8) is 0 Å². The van der Waals surface area contributed by atoms with Gasteiger partial charge in [0, 0.05) is 5.56 Å². The number of fused-ring (bicyclic) bond motifs is 1. The van der Waals surface area contributed by atoms with Gasteiger partial charge in [-0.2, -0.15) is 0 Å². The van der Waals surface area contributed by atoms with Crippen LogP contribution in [0, 0.1) is 0 Å². The molecule has 1 N–H and O–H groups in total. The number of benzene rings is 2. The summed E-state index contributed by atoms with van der Waals surface area (Å²) in [7, 11) is 0. The predicted octanol–water partition coefficient (Wildman–Crippen LogP) is 2.69. The van der Waals surface area contributed by atoms with Crippen molar-refractivity contribution in [2.75, 3.05) is 0 Å². The Kier molecular flexibility index (Phi) is 2.49. The van der Waals surface area contributed by atoms with Crippen molar-refractivity contribution >= 4 is 0 Å². The summed E-state index contributed by atoms with van der Waals surface area (Å²) >= 11 is 0. The molecule has 2 aromatic rings. The molecule has 1 heterocycles. The molecule has 0 bridgehead atoms. The van der Waals surface area contributed by atoms with Crippen LogP contribution in [0.3, 0.4) is 0 Å². The summed E-state index contributed by atoms with van der Waals surface area (Å²) < 4.78 is 11.5. The van der Waals surface area contributed by atoms with Crippen molar-refractivity contribution in [3.05, 3.63) is 60.2 Å². The molecular weight excluding hydrogens is 228 g/mol. The van der Waals surface area contributed by atoms with Gasteiger partial charge < -0.3 is 14.6 Å². The van der Waals surface area contributed by atoms with E-state index < -0.39 is 11.9 Å². The van der Waals surface area contributed by atoms with Crippen molar-refractivity contribution < 1.29 is 14.6 Å². The molecule has 18 heavy (non-hydrogen) atoms. The van der Waals surface area contributed by atoms with Gasteiger partial charge in [-0.05, 0) is 19.1 Å². The maximum absolute atomic E-state index is 10.7. The fourth-order valence-corrected chi connectivity index (χ4v) is 2.12. The van der Waals surface area contributed by atoms with E-state index in [4.69, 9.17) is 9.47 Å². The molecule has 0 unspecified atom stereocenters. The molecule has 3 heteroatoms. The molecule has 0 aliphatic carbocycles. The molecule has 3 nitrogen and oxygen atoms in total. The monoisotopic (exact) mass is 242 g/mol. The number of hydrogen-bond acceptors (Lipinski definition) is 3. The second-order valence-corrected chi connectivity index (χ2v) is 4.37. The minimum Gasteiger partial charge on any atom is -0.480 e. The Morgan fingerprint density at radius 1 is 0.944 bits per heavy atom. The number of hydrogen-bond donors (Lipinski definition) is 1. The van der Waals surface area contributed by atoms with Crippen LogP contribution in [-0.2, 0) is 5.79 Å². The van der Waals surface area contributed by atoms with Crippen LogP contribution in [0.1, 0.15) is 12.5 Å². The Morgan fingerprint density at radius 2 is 1.56 bits per heavy atom. The van der Waals surface area contributed by atoms with Crippen molar-refractivity contribution in [1.82, 2.24) is 0 Å². The first-order valence-electron chi connectivity index (χ1n) is 5.93. The average molecular weight is 242 g/mol. The molecule has 0 spiro atoms. The van der Waals surface area contributed by atoms with Gasteiger partial charge in [0.2, 0.25) is 0 Å². The highest BCUT2D eigenvalue weighted by molar-refractivity contribution is 5.42. The maximum Gasteiger partial charge on any atom is 0.272 e. The zero-order chi connectivity index (χ0) is 12.6. The van der Waals surface area contributed by atoms with Crippen molar-refractivity contribution in [2.24, 2.45) is 0 Å². The van der Waals surface area contributed by atoms with Crippen LogP contribution in [0.4, 0.5) is 0 Å². The number of aliphatic hydroxyl groups is 1. The molecule has 0 amide bonds. The Balaban J connectivity index is 2.05. The van der Waals surface area contributed by atoms with Gasteiger partial charge in [-0.3, -0.25) is 0 Å². The SMILES string of the molecule is C[C@@H]1Oc2ccccc2O[C@@]1(O)c1ccccc1. The standard InChI is InChI=1S/C15H14O3/c1-11-15(16,12-7-3-2-4-8-12)18-14-10-6-5-9-13(14)17-11/h2-11,16H,1H3/t11-,15+/m0/s1. The van der Waals surface area contributed by atoms with Crippen LogP contribution >= 0.6 is 0 Å². The highest BCUT2D eigenvalue weighted by Gasteiger charge is 2.44. The van der Waals surface area contributed by atoms with Gasteiger partial charge in [-0.1, -0.05) is 42.5 Å². The van der Waals surface area contributed by atoms with Gasteiger partial charge in [0.15, 0.2) is 17.6 Å². The predicted molar refractivity (Wildman–Crippen MR) is 67.5 cm³/mol. The van der Waals surface area contributed by atoms with Gasteiger partial charge in [0.1, 0.15) is 0 Å². The molecule has 0 fully saturated rings. The molecule has 0 aromatic heterocycles. The first-order chi connectivity index (χ1) is 8.70. The molecule has 92 valence electrons. The van der Waals surface area contributed by atoms with E-state index in [1.807, 2.05) is 48.5 Å². The molecule has 2 atom stereocenters. The third kappa shape index (κ3) is 1.64. The average Bonchev–Trinajstić information content (AvgIpc) is 2.41. The van der Waals surface area contributed by atoms with Gasteiger partial charge in [-0.15, -0.1) is 0 Å². The molecule has 1 aliphatic rings. The van der Waals surface area contributed by atoms with Crippen molar-refractivity contribution in [1.29, 1.82) is 0 Å². The first-order valence-corrected chi connectivity index (χ1v) is 5.93. The normalized spacial score (nSPS) is 25.8. The number of rotatable bonds is 1. The van der Waals surface area contributed by atoms with E-state index in [1.165, 1.54) is 0 Å². The molecule has 0 saturated heterocycles. The third-order valence-corrected chi connectivity index (χ3v) is 3.16. The summed E-state index contributed by atoms with van der Waals surface area (Å²) in [6.07, 6.45) is -0.477. The Bertz CT molecular complexity index is 553. The lowest BCUT2D eigenvalue weighted by Gasteiger charge is -2.39. The smallest absolute Gasteiger partial charge is 0.272 e. The molecule has 0 radical (unpaired) electrons. The summed E-state index contributed by atoms with van der Waals surface area (Å²) in [5, 5.41) is 10.7. The lowest BCUT2D eigenvalue weighted by molar-refractivity contribution is -0.216. The van der Waals surface area contributed by atoms with Crippen LogP contribution in [0.15, 0.2) is 54.6 Å². The fraction of sp³-hybridized carbons (Fsp3) is 0.200. The minimum absolute atomic E-state index is 0.477. The van der Waals surface area contributed by atoms with Gasteiger partial charge >= 0.3 is 0 Å². The van der Waals surface area contributed by atoms with Crippen LogP contribution in [0.2, 0.25) is 0 Å². The first kappa shape index (κ1) is 11.1. The Morgan fingerprint density at radius 3 is 2.28 bits per heavy atom. The van der Waals surface area contributed by atoms with E-state index >= 15 is 0 Å². The second-order valence-electron chi connectivity index (χ2n) is 4.37. The minimum atomic E-state index is -1.45. The fourth-order valence-electron chi connectivity index (χ4n) is 2.12. The third-order valence-electron chi connectivity index (χ3n) is 3.16. The van der Waals surface area contributed by atoms with E-state index in [9.17, 15) is 5.11 Å². The highest BCUT2D eigenvalue weighted by atomic mass is 16.7. The summed E-state index contributed by atoms with van der Waals surface area (Å²) in [5.74, 6) is -0.233. The topological polar surface area (TPSA) is 38.7 Å². The summed E-state index contributed by atoms with van der Waals surface area (Å²) in [6.45, 7) is 1.79. The highest BCUT2D eigenvalue weighted by Crippen LogP contribution is 2.41. The zero-order valence-corrected chi connectivity index (χ0v) is 10.0. The lowest BCUT2D eigenvalue weighted by atomic mass is 9.99. The Labute approximate surface area is 106 Å². The molecule has 1 aliphatic heterocycles. The maximum atomic E-state index is 10.7. The van der Waals surface area contributed by atoms with Crippen LogP contribution in [0.5, 0.6) is 11.5 Å². The van der Waals surface area contributed by atoms with E-state index in [2.05, 4.69) is 0 Å². The Hall–Kier alpha value is -2.00. The quantitative estimate of drug-likeness (QED) is 0.835. The van der Waals surface area contributed by atoms with Crippen molar-refractivity contribution in [2.45, 2.75) is 18.8 Å². The summed E-state index contributed by atoms with van der Waals surface area (Å²) in [5.41, 5.74) is 0.687. The van der Waals surface area contributed by atoms with E-state index in [0.29, 0.717) is 17.1 Å². The van der Waals surface area contributed by atoms with Gasteiger partial charge in [0.05, 0.1) is 0 Å². The van der Waals surface area contributed by atoms with Crippen LogP contribution in [-0.4, -0.2) is 11.2 Å².